The van der Waals surface area contributed by atoms with E-state index in [9.17, 15) is 0 Å². The van der Waals surface area contributed by atoms with Crippen LogP contribution in [0.25, 0.3) is 0 Å². The van der Waals surface area contributed by atoms with Crippen molar-refractivity contribution in [2.75, 3.05) is 0 Å². The molecular weight excluding hydrogens is 160 g/mol. The lowest BCUT2D eigenvalue weighted by atomic mass is 9.88. The summed E-state index contributed by atoms with van der Waals surface area (Å²) < 4.78 is 5.30. The second-order valence-electron chi connectivity index (χ2n) is 3.34. The van der Waals surface area contributed by atoms with Gasteiger partial charge in [-0.1, -0.05) is 20.8 Å². The van der Waals surface area contributed by atoms with Gasteiger partial charge in [-0.25, -0.2) is 0 Å². The molecule has 1 aromatic rings. The number of hydrogen-bond acceptors (Lipinski definition) is 1. The van der Waals surface area contributed by atoms with Crippen molar-refractivity contribution in [3.63, 3.8) is 0 Å². The van der Waals surface area contributed by atoms with E-state index >= 15 is 0 Å². The molecule has 0 atom stereocenters. The highest BCUT2D eigenvalue weighted by Gasteiger charge is 2.21. The maximum atomic E-state index is 5.66. The summed E-state index contributed by atoms with van der Waals surface area (Å²) in [5, 5.41) is 0.474. The predicted molar refractivity (Wildman–Crippen MR) is 47.0 cm³/mol. The highest BCUT2D eigenvalue weighted by molar-refractivity contribution is 6.28. The summed E-state index contributed by atoms with van der Waals surface area (Å²) in [5.41, 5.74) is 0.104. The van der Waals surface area contributed by atoms with Gasteiger partial charge in [-0.15, -0.1) is 0 Å². The Bertz CT molecular complexity index is 237. The minimum atomic E-state index is 0.104. The molecule has 0 aliphatic carbocycles. The molecule has 0 unspecified atom stereocenters. The molecule has 0 aliphatic heterocycles. The SMILES string of the molecule is CCC(C)(C)c1ccc(Cl)o1. The first-order chi connectivity index (χ1) is 5.06. The molecule has 0 saturated heterocycles. The molecule has 0 bridgehead atoms. The summed E-state index contributed by atoms with van der Waals surface area (Å²) in [7, 11) is 0. The van der Waals surface area contributed by atoms with E-state index in [1.807, 2.05) is 6.07 Å². The molecule has 0 N–H and O–H groups in total. The van der Waals surface area contributed by atoms with Crippen LogP contribution in [0.15, 0.2) is 16.5 Å². The van der Waals surface area contributed by atoms with E-state index in [1.165, 1.54) is 0 Å². The first-order valence-corrected chi connectivity index (χ1v) is 4.20. The topological polar surface area (TPSA) is 13.1 Å². The van der Waals surface area contributed by atoms with Crippen molar-refractivity contribution in [3.05, 3.63) is 23.1 Å². The van der Waals surface area contributed by atoms with Crippen LogP contribution in [-0.4, -0.2) is 0 Å². The van der Waals surface area contributed by atoms with Crippen LogP contribution in [0.2, 0.25) is 5.22 Å². The molecule has 11 heavy (non-hydrogen) atoms. The van der Waals surface area contributed by atoms with Gasteiger partial charge in [0, 0.05) is 5.41 Å². The third-order valence-electron chi connectivity index (χ3n) is 2.12. The fourth-order valence-corrected chi connectivity index (χ4v) is 0.998. The first-order valence-electron chi connectivity index (χ1n) is 3.82. The Morgan fingerprint density at radius 1 is 1.45 bits per heavy atom. The second kappa shape index (κ2) is 2.90. The van der Waals surface area contributed by atoms with Crippen LogP contribution in [0.3, 0.4) is 0 Å². The summed E-state index contributed by atoms with van der Waals surface area (Å²) in [5.74, 6) is 0.963. The van der Waals surface area contributed by atoms with Crippen molar-refractivity contribution in [1.82, 2.24) is 0 Å². The monoisotopic (exact) mass is 172 g/mol. The van der Waals surface area contributed by atoms with Crippen LogP contribution in [0, 0.1) is 0 Å². The Morgan fingerprint density at radius 2 is 2.09 bits per heavy atom. The van der Waals surface area contributed by atoms with E-state index in [0.717, 1.165) is 12.2 Å². The molecule has 0 aliphatic rings. The van der Waals surface area contributed by atoms with Gasteiger partial charge < -0.3 is 4.42 Å². The molecule has 0 aromatic carbocycles. The molecule has 62 valence electrons. The first kappa shape index (κ1) is 8.66. The van der Waals surface area contributed by atoms with Crippen LogP contribution in [-0.2, 0) is 5.41 Å². The molecule has 1 heterocycles. The minimum Gasteiger partial charge on any atom is -0.449 e. The van der Waals surface area contributed by atoms with Gasteiger partial charge in [0.1, 0.15) is 5.76 Å². The Hall–Kier alpha value is -0.430. The number of hydrogen-bond donors (Lipinski definition) is 0. The van der Waals surface area contributed by atoms with Crippen molar-refractivity contribution in [1.29, 1.82) is 0 Å². The number of halogens is 1. The van der Waals surface area contributed by atoms with Crippen molar-refractivity contribution in [3.8, 4) is 0 Å². The third-order valence-corrected chi connectivity index (χ3v) is 2.33. The average Bonchev–Trinajstić information content (AvgIpc) is 2.36. The lowest BCUT2D eigenvalue weighted by molar-refractivity contribution is 0.376. The molecule has 0 amide bonds. The Labute approximate surface area is 72.4 Å². The van der Waals surface area contributed by atoms with Crippen molar-refractivity contribution in [2.24, 2.45) is 0 Å². The molecule has 1 rings (SSSR count). The zero-order valence-corrected chi connectivity index (χ0v) is 7.90. The number of rotatable bonds is 2. The van der Waals surface area contributed by atoms with Gasteiger partial charge in [0.25, 0.3) is 0 Å². The molecule has 0 fully saturated rings. The van der Waals surface area contributed by atoms with E-state index in [0.29, 0.717) is 5.22 Å². The van der Waals surface area contributed by atoms with E-state index < -0.39 is 0 Å². The minimum absolute atomic E-state index is 0.104. The lowest BCUT2D eigenvalue weighted by Crippen LogP contribution is -2.13. The smallest absolute Gasteiger partial charge is 0.193 e. The summed E-state index contributed by atoms with van der Waals surface area (Å²) in [4.78, 5) is 0. The Balaban J connectivity index is 2.92. The largest absolute Gasteiger partial charge is 0.449 e. The zero-order valence-electron chi connectivity index (χ0n) is 7.15. The van der Waals surface area contributed by atoms with Gasteiger partial charge >= 0.3 is 0 Å². The fourth-order valence-electron chi connectivity index (χ4n) is 0.852. The van der Waals surface area contributed by atoms with E-state index in [1.54, 1.807) is 6.07 Å². The van der Waals surface area contributed by atoms with E-state index in [4.69, 9.17) is 16.0 Å². The molecule has 2 heteroatoms. The summed E-state index contributed by atoms with van der Waals surface area (Å²) in [6, 6.07) is 3.72. The standard InChI is InChI=1S/C9H13ClO/c1-4-9(2,3)7-5-6-8(10)11-7/h5-6H,4H2,1-3H3. The van der Waals surface area contributed by atoms with Crippen LogP contribution in [0.4, 0.5) is 0 Å². The molecule has 0 spiro atoms. The summed E-state index contributed by atoms with van der Waals surface area (Å²) in [6.45, 7) is 6.42. The molecule has 1 aromatic heterocycles. The molecule has 1 nitrogen and oxygen atoms in total. The highest BCUT2D eigenvalue weighted by atomic mass is 35.5. The van der Waals surface area contributed by atoms with Gasteiger partial charge in [0.05, 0.1) is 0 Å². The van der Waals surface area contributed by atoms with Gasteiger partial charge in [-0.2, -0.15) is 0 Å². The Kier molecular flexibility index (Phi) is 2.28. The van der Waals surface area contributed by atoms with E-state index in [-0.39, 0.29) is 5.41 Å². The molecule has 0 radical (unpaired) electrons. The van der Waals surface area contributed by atoms with Gasteiger partial charge in [-0.3, -0.25) is 0 Å². The third kappa shape index (κ3) is 1.78. The number of furan rings is 1. The zero-order chi connectivity index (χ0) is 8.48. The van der Waals surface area contributed by atoms with Gasteiger partial charge in [0.15, 0.2) is 5.22 Å². The Morgan fingerprint density at radius 3 is 2.45 bits per heavy atom. The quantitative estimate of drug-likeness (QED) is 0.664. The van der Waals surface area contributed by atoms with Crippen molar-refractivity contribution >= 4 is 11.6 Å². The van der Waals surface area contributed by atoms with Crippen molar-refractivity contribution < 1.29 is 4.42 Å². The normalized spacial score (nSPS) is 12.0. The van der Waals surface area contributed by atoms with Crippen LogP contribution >= 0.6 is 11.6 Å². The lowest BCUT2D eigenvalue weighted by Gasteiger charge is -2.18. The van der Waals surface area contributed by atoms with Crippen molar-refractivity contribution in [2.45, 2.75) is 32.6 Å². The van der Waals surface area contributed by atoms with Crippen LogP contribution < -0.4 is 0 Å². The highest BCUT2D eigenvalue weighted by Crippen LogP contribution is 2.29. The van der Waals surface area contributed by atoms with Gasteiger partial charge in [0.2, 0.25) is 0 Å². The predicted octanol–water partition coefficient (Wildman–Crippen LogP) is 3.62. The maximum absolute atomic E-state index is 5.66. The van der Waals surface area contributed by atoms with Crippen LogP contribution in [0.5, 0.6) is 0 Å². The molecule has 0 saturated carbocycles. The van der Waals surface area contributed by atoms with E-state index in [2.05, 4.69) is 20.8 Å². The van der Waals surface area contributed by atoms with Gasteiger partial charge in [-0.05, 0) is 30.2 Å². The summed E-state index contributed by atoms with van der Waals surface area (Å²) >= 11 is 5.66. The molecular formula is C9H13ClO. The average molecular weight is 173 g/mol. The second-order valence-corrected chi connectivity index (χ2v) is 3.71. The maximum Gasteiger partial charge on any atom is 0.193 e. The summed E-state index contributed by atoms with van der Waals surface area (Å²) in [6.07, 6.45) is 1.05. The fraction of sp³-hybridized carbons (Fsp3) is 0.556. The van der Waals surface area contributed by atoms with Crippen LogP contribution in [0.1, 0.15) is 33.0 Å².